The number of carbonyl (C=O) groups is 2. The largest absolute Gasteiger partial charge is 0.321 e. The van der Waals surface area contributed by atoms with Crippen LogP contribution in [0.25, 0.3) is 0 Å². The van der Waals surface area contributed by atoms with Gasteiger partial charge in [-0.25, -0.2) is 9.97 Å². The van der Waals surface area contributed by atoms with E-state index in [2.05, 4.69) is 33.2 Å². The van der Waals surface area contributed by atoms with E-state index in [9.17, 15) is 9.59 Å². The van der Waals surface area contributed by atoms with Gasteiger partial charge in [0.15, 0.2) is 5.78 Å². The number of para-hydroxylation sites is 1. The Morgan fingerprint density at radius 3 is 2.57 bits per heavy atom. The molecule has 0 saturated heterocycles. The van der Waals surface area contributed by atoms with Crippen LogP contribution in [0.15, 0.2) is 60.8 Å². The molecular weight excluding hydrogens is 352 g/mol. The first-order valence-corrected chi connectivity index (χ1v) is 9.15. The lowest BCUT2D eigenvalue weighted by atomic mass is 10.1. The van der Waals surface area contributed by atoms with E-state index in [0.29, 0.717) is 17.2 Å². The molecule has 4 rings (SSSR count). The first-order valence-electron chi connectivity index (χ1n) is 9.15. The fourth-order valence-corrected chi connectivity index (χ4v) is 3.44. The summed E-state index contributed by atoms with van der Waals surface area (Å²) in [6, 6.07) is 16.8. The topological polar surface area (TPSA) is 75.2 Å². The van der Waals surface area contributed by atoms with Crippen LogP contribution in [-0.4, -0.2) is 27.7 Å². The van der Waals surface area contributed by atoms with Gasteiger partial charge in [0.1, 0.15) is 5.69 Å². The molecule has 0 aliphatic carbocycles. The van der Waals surface area contributed by atoms with Crippen molar-refractivity contribution in [3.05, 3.63) is 77.6 Å². The van der Waals surface area contributed by atoms with Crippen LogP contribution in [0.5, 0.6) is 0 Å². The van der Waals surface area contributed by atoms with Crippen LogP contribution in [0, 0.1) is 0 Å². The molecule has 1 aromatic heterocycles. The van der Waals surface area contributed by atoms with E-state index in [1.54, 1.807) is 36.5 Å². The summed E-state index contributed by atoms with van der Waals surface area (Å²) in [6.07, 6.45) is 2.52. The number of aromatic nitrogens is 2. The number of ketones is 1. The molecule has 1 atom stereocenters. The molecular formula is C22H20N4O2. The van der Waals surface area contributed by atoms with Gasteiger partial charge >= 0.3 is 0 Å². The molecule has 6 heteroatoms. The van der Waals surface area contributed by atoms with Crippen LogP contribution in [-0.2, 0) is 6.42 Å². The molecule has 2 aromatic carbocycles. The molecule has 1 amide bonds. The minimum absolute atomic E-state index is 0.0154. The van der Waals surface area contributed by atoms with Gasteiger partial charge in [-0.1, -0.05) is 18.2 Å². The van der Waals surface area contributed by atoms with Gasteiger partial charge in [0.05, 0.1) is 0 Å². The third-order valence-electron chi connectivity index (χ3n) is 4.85. The summed E-state index contributed by atoms with van der Waals surface area (Å²) in [4.78, 5) is 35.0. The Kier molecular flexibility index (Phi) is 4.61. The number of Topliss-reactive ketones (excluding diaryl/α,β-unsaturated/α-hetero) is 1. The third-order valence-corrected chi connectivity index (χ3v) is 4.85. The van der Waals surface area contributed by atoms with Crippen molar-refractivity contribution in [1.82, 2.24) is 9.97 Å². The van der Waals surface area contributed by atoms with E-state index in [-0.39, 0.29) is 23.4 Å². The average molecular weight is 372 g/mol. The molecule has 1 unspecified atom stereocenters. The quantitative estimate of drug-likeness (QED) is 0.700. The number of nitrogens with one attached hydrogen (secondary N) is 1. The minimum atomic E-state index is -0.320. The van der Waals surface area contributed by atoms with Gasteiger partial charge in [0.2, 0.25) is 5.95 Å². The monoisotopic (exact) mass is 372 g/mol. The highest BCUT2D eigenvalue weighted by molar-refractivity contribution is 6.03. The van der Waals surface area contributed by atoms with Crippen LogP contribution in [0.3, 0.4) is 0 Å². The zero-order valence-electron chi connectivity index (χ0n) is 15.7. The molecule has 1 N–H and O–H groups in total. The average Bonchev–Trinajstić information content (AvgIpc) is 3.04. The van der Waals surface area contributed by atoms with Gasteiger partial charge in [-0.15, -0.1) is 0 Å². The Morgan fingerprint density at radius 1 is 1.07 bits per heavy atom. The summed E-state index contributed by atoms with van der Waals surface area (Å²) in [5, 5.41) is 2.81. The molecule has 0 bridgehead atoms. The van der Waals surface area contributed by atoms with Crippen LogP contribution >= 0.6 is 0 Å². The van der Waals surface area contributed by atoms with Crippen molar-refractivity contribution in [2.45, 2.75) is 26.3 Å². The lowest BCUT2D eigenvalue weighted by Crippen LogP contribution is -2.26. The Morgan fingerprint density at radius 2 is 1.82 bits per heavy atom. The number of amides is 1. The molecule has 0 radical (unpaired) electrons. The molecule has 2 heterocycles. The van der Waals surface area contributed by atoms with Gasteiger partial charge in [-0.2, -0.15) is 0 Å². The van der Waals surface area contributed by atoms with Crippen LogP contribution in [0.1, 0.15) is 40.3 Å². The number of benzene rings is 2. The fourth-order valence-electron chi connectivity index (χ4n) is 3.44. The minimum Gasteiger partial charge on any atom is -0.321 e. The number of fused-ring (bicyclic) bond motifs is 1. The van der Waals surface area contributed by atoms with Crippen LogP contribution in [0.2, 0.25) is 0 Å². The summed E-state index contributed by atoms with van der Waals surface area (Å²) in [5.41, 5.74) is 3.82. The van der Waals surface area contributed by atoms with Gasteiger partial charge in [0, 0.05) is 29.2 Å². The lowest BCUT2D eigenvalue weighted by molar-refractivity contribution is 0.101. The molecule has 0 fully saturated rings. The highest BCUT2D eigenvalue weighted by Crippen LogP contribution is 2.36. The van der Waals surface area contributed by atoms with Gasteiger partial charge in [-0.05, 0) is 62.2 Å². The van der Waals surface area contributed by atoms with Crippen molar-refractivity contribution in [2.24, 2.45) is 0 Å². The second-order valence-electron chi connectivity index (χ2n) is 6.88. The van der Waals surface area contributed by atoms with Crippen LogP contribution < -0.4 is 10.2 Å². The maximum atomic E-state index is 12.6. The van der Waals surface area contributed by atoms with Crippen molar-refractivity contribution in [2.75, 3.05) is 10.2 Å². The van der Waals surface area contributed by atoms with E-state index < -0.39 is 0 Å². The van der Waals surface area contributed by atoms with Gasteiger partial charge in [0.25, 0.3) is 5.91 Å². The first kappa shape index (κ1) is 17.9. The third kappa shape index (κ3) is 3.36. The maximum absolute atomic E-state index is 12.6. The molecule has 6 nitrogen and oxygen atoms in total. The van der Waals surface area contributed by atoms with E-state index in [0.717, 1.165) is 12.1 Å². The summed E-state index contributed by atoms with van der Waals surface area (Å²) < 4.78 is 0. The molecule has 28 heavy (non-hydrogen) atoms. The smallest absolute Gasteiger partial charge is 0.274 e. The zero-order chi connectivity index (χ0) is 19.7. The summed E-state index contributed by atoms with van der Waals surface area (Å²) in [5.74, 6) is 0.176. The second kappa shape index (κ2) is 7.23. The number of rotatable bonds is 4. The predicted molar refractivity (Wildman–Crippen MR) is 108 cm³/mol. The number of anilines is 3. The highest BCUT2D eigenvalue weighted by atomic mass is 16.2. The SMILES string of the molecule is CC(=O)c1ccc(NC(=O)c2ccnc(N3c4ccccc4CC3C)n2)cc1. The Labute approximate surface area is 163 Å². The lowest BCUT2D eigenvalue weighted by Gasteiger charge is -2.22. The zero-order valence-corrected chi connectivity index (χ0v) is 15.7. The Hall–Kier alpha value is -3.54. The van der Waals surface area contributed by atoms with E-state index in [1.807, 2.05) is 18.2 Å². The van der Waals surface area contributed by atoms with Crippen molar-refractivity contribution < 1.29 is 9.59 Å². The Balaban J connectivity index is 1.57. The standard InChI is InChI=1S/C22H20N4O2/c1-14-13-17-5-3-4-6-20(17)26(14)22-23-12-11-19(25-22)21(28)24-18-9-7-16(8-10-18)15(2)27/h3-12,14H,13H2,1-2H3,(H,24,28). The Bertz CT molecular complexity index is 1050. The second-order valence-corrected chi connectivity index (χ2v) is 6.88. The highest BCUT2D eigenvalue weighted by Gasteiger charge is 2.29. The summed E-state index contributed by atoms with van der Waals surface area (Å²) in [7, 11) is 0. The molecule has 0 saturated carbocycles. The van der Waals surface area contributed by atoms with Crippen molar-refractivity contribution in [3.63, 3.8) is 0 Å². The molecule has 1 aliphatic rings. The molecule has 0 spiro atoms. The van der Waals surface area contributed by atoms with Gasteiger partial charge in [-0.3, -0.25) is 9.59 Å². The van der Waals surface area contributed by atoms with E-state index >= 15 is 0 Å². The molecule has 3 aromatic rings. The van der Waals surface area contributed by atoms with Crippen molar-refractivity contribution in [3.8, 4) is 0 Å². The summed E-state index contributed by atoms with van der Waals surface area (Å²) in [6.45, 7) is 3.63. The van der Waals surface area contributed by atoms with Crippen molar-refractivity contribution in [1.29, 1.82) is 0 Å². The van der Waals surface area contributed by atoms with Crippen LogP contribution in [0.4, 0.5) is 17.3 Å². The summed E-state index contributed by atoms with van der Waals surface area (Å²) >= 11 is 0. The number of hydrogen-bond donors (Lipinski definition) is 1. The maximum Gasteiger partial charge on any atom is 0.274 e. The predicted octanol–water partition coefficient (Wildman–Crippen LogP) is 4.01. The molecule has 140 valence electrons. The number of carbonyl (C=O) groups excluding carboxylic acids is 2. The van der Waals surface area contributed by atoms with E-state index in [1.165, 1.54) is 12.5 Å². The number of nitrogens with zero attached hydrogens (tertiary/aromatic N) is 3. The fraction of sp³-hybridized carbons (Fsp3) is 0.182. The van der Waals surface area contributed by atoms with Gasteiger partial charge < -0.3 is 10.2 Å². The van der Waals surface area contributed by atoms with Crippen molar-refractivity contribution >= 4 is 29.0 Å². The molecule has 1 aliphatic heterocycles. The first-order chi connectivity index (χ1) is 13.5. The van der Waals surface area contributed by atoms with E-state index in [4.69, 9.17) is 0 Å². The normalized spacial score (nSPS) is 15.2. The number of hydrogen-bond acceptors (Lipinski definition) is 5.